The molecular formula is C18H29IN4O3. The van der Waals surface area contributed by atoms with Gasteiger partial charge in [0.15, 0.2) is 5.96 Å². The summed E-state index contributed by atoms with van der Waals surface area (Å²) in [6.07, 6.45) is 2.44. The molecule has 7 nitrogen and oxygen atoms in total. The van der Waals surface area contributed by atoms with Gasteiger partial charge in [-0.1, -0.05) is 6.07 Å². The molecule has 0 aromatic heterocycles. The predicted octanol–water partition coefficient (Wildman–Crippen LogP) is 2.38. The third kappa shape index (κ3) is 8.70. The van der Waals surface area contributed by atoms with Crippen LogP contribution in [0, 0.1) is 0 Å². The van der Waals surface area contributed by atoms with E-state index >= 15 is 0 Å². The molecule has 1 aliphatic heterocycles. The zero-order valence-corrected chi connectivity index (χ0v) is 17.7. The summed E-state index contributed by atoms with van der Waals surface area (Å²) in [6, 6.07) is 7.34. The summed E-state index contributed by atoms with van der Waals surface area (Å²) in [4.78, 5) is 15.6. The van der Waals surface area contributed by atoms with E-state index in [-0.39, 0.29) is 36.0 Å². The standard InChI is InChI=1S/C18H28N4O3.HI/c1-3-19-18(21-13-17-8-5-10-24-17)20-9-11-25-16-7-4-6-15(12-16)22-14(2)23;/h4,6-7,12,17H,3,5,8-11,13H2,1-2H3,(H,22,23)(H2,19,20,21);1H. The lowest BCUT2D eigenvalue weighted by molar-refractivity contribution is -0.114. The van der Waals surface area contributed by atoms with Gasteiger partial charge in [-0.05, 0) is 31.9 Å². The Labute approximate surface area is 172 Å². The number of benzene rings is 1. The molecule has 1 amide bonds. The van der Waals surface area contributed by atoms with Crippen LogP contribution >= 0.6 is 24.0 Å². The average Bonchev–Trinajstić information content (AvgIpc) is 3.09. The van der Waals surface area contributed by atoms with E-state index in [2.05, 4.69) is 20.9 Å². The number of rotatable bonds is 8. The summed E-state index contributed by atoms with van der Waals surface area (Å²) in [5.74, 6) is 1.39. The fourth-order valence-corrected chi connectivity index (χ4v) is 2.53. The number of hydrogen-bond donors (Lipinski definition) is 3. The molecule has 1 aromatic carbocycles. The Balaban J connectivity index is 0.00000338. The summed E-state index contributed by atoms with van der Waals surface area (Å²) >= 11 is 0. The van der Waals surface area contributed by atoms with Crippen LogP contribution in [0.2, 0.25) is 0 Å². The van der Waals surface area contributed by atoms with Gasteiger partial charge in [-0.25, -0.2) is 0 Å². The quantitative estimate of drug-likeness (QED) is 0.232. The number of halogens is 1. The van der Waals surface area contributed by atoms with Crippen LogP contribution in [-0.4, -0.2) is 50.8 Å². The zero-order chi connectivity index (χ0) is 17.9. The largest absolute Gasteiger partial charge is 0.492 e. The van der Waals surface area contributed by atoms with Gasteiger partial charge < -0.3 is 25.4 Å². The van der Waals surface area contributed by atoms with Crippen molar-refractivity contribution in [3.63, 3.8) is 0 Å². The number of nitrogens with one attached hydrogen (secondary N) is 3. The van der Waals surface area contributed by atoms with Gasteiger partial charge in [0.1, 0.15) is 12.4 Å². The molecule has 0 aliphatic carbocycles. The summed E-state index contributed by atoms with van der Waals surface area (Å²) in [5, 5.41) is 9.20. The number of amides is 1. The smallest absolute Gasteiger partial charge is 0.221 e. The van der Waals surface area contributed by atoms with Crippen molar-refractivity contribution in [1.82, 2.24) is 10.6 Å². The van der Waals surface area contributed by atoms with Crippen LogP contribution in [0.25, 0.3) is 0 Å². The Morgan fingerprint density at radius 3 is 2.92 bits per heavy atom. The normalized spacial score (nSPS) is 16.5. The van der Waals surface area contributed by atoms with Crippen LogP contribution in [0.15, 0.2) is 29.3 Å². The minimum atomic E-state index is -0.100. The van der Waals surface area contributed by atoms with Gasteiger partial charge in [0.25, 0.3) is 0 Å². The second-order valence-electron chi connectivity index (χ2n) is 5.84. The Hall–Kier alpha value is -1.55. The molecule has 1 unspecified atom stereocenters. The first-order valence-electron chi connectivity index (χ1n) is 8.81. The molecule has 0 spiro atoms. The number of anilines is 1. The summed E-state index contributed by atoms with van der Waals surface area (Å²) in [6.45, 7) is 6.96. The lowest BCUT2D eigenvalue weighted by Gasteiger charge is -2.13. The van der Waals surface area contributed by atoms with E-state index in [1.54, 1.807) is 6.07 Å². The lowest BCUT2D eigenvalue weighted by Crippen LogP contribution is -2.39. The number of carbonyl (C=O) groups is 1. The molecular weight excluding hydrogens is 447 g/mol. The minimum absolute atomic E-state index is 0. The summed E-state index contributed by atoms with van der Waals surface area (Å²) in [5.41, 5.74) is 0.726. The average molecular weight is 476 g/mol. The van der Waals surface area contributed by atoms with E-state index in [4.69, 9.17) is 9.47 Å². The molecule has 1 fully saturated rings. The number of guanidine groups is 1. The fraction of sp³-hybridized carbons (Fsp3) is 0.556. The maximum absolute atomic E-state index is 11.1. The van der Waals surface area contributed by atoms with Crippen molar-refractivity contribution < 1.29 is 14.3 Å². The molecule has 1 heterocycles. The topological polar surface area (TPSA) is 84.0 Å². The molecule has 1 saturated heterocycles. The van der Waals surface area contributed by atoms with Crippen LogP contribution in [0.4, 0.5) is 5.69 Å². The van der Waals surface area contributed by atoms with Gasteiger partial charge in [-0.2, -0.15) is 0 Å². The first kappa shape index (κ1) is 22.5. The van der Waals surface area contributed by atoms with Gasteiger partial charge >= 0.3 is 0 Å². The van der Waals surface area contributed by atoms with Crippen LogP contribution in [0.3, 0.4) is 0 Å². The fourth-order valence-electron chi connectivity index (χ4n) is 2.53. The molecule has 0 radical (unpaired) electrons. The van der Waals surface area contributed by atoms with E-state index in [0.29, 0.717) is 25.4 Å². The number of aliphatic imine (C=N–C) groups is 1. The van der Waals surface area contributed by atoms with Crippen molar-refractivity contribution in [1.29, 1.82) is 0 Å². The van der Waals surface area contributed by atoms with Gasteiger partial charge in [0, 0.05) is 31.8 Å². The molecule has 1 atom stereocenters. The van der Waals surface area contributed by atoms with Crippen molar-refractivity contribution in [3.05, 3.63) is 24.3 Å². The van der Waals surface area contributed by atoms with Crippen molar-refractivity contribution in [2.75, 3.05) is 38.2 Å². The predicted molar refractivity (Wildman–Crippen MR) is 115 cm³/mol. The van der Waals surface area contributed by atoms with E-state index < -0.39 is 0 Å². The maximum Gasteiger partial charge on any atom is 0.221 e. The minimum Gasteiger partial charge on any atom is -0.492 e. The first-order chi connectivity index (χ1) is 12.2. The Bertz CT molecular complexity index is 577. The molecule has 0 bridgehead atoms. The Kier molecular flexibility index (Phi) is 11.0. The Morgan fingerprint density at radius 2 is 2.23 bits per heavy atom. The van der Waals surface area contributed by atoms with Gasteiger partial charge in [-0.3, -0.25) is 9.79 Å². The van der Waals surface area contributed by atoms with Crippen molar-refractivity contribution in [2.45, 2.75) is 32.8 Å². The highest BCUT2D eigenvalue weighted by atomic mass is 127. The number of hydrogen-bond acceptors (Lipinski definition) is 4. The van der Waals surface area contributed by atoms with Gasteiger partial charge in [-0.15, -0.1) is 24.0 Å². The monoisotopic (exact) mass is 476 g/mol. The third-order valence-corrected chi connectivity index (χ3v) is 3.64. The van der Waals surface area contributed by atoms with Crippen molar-refractivity contribution in [3.8, 4) is 5.75 Å². The molecule has 1 aliphatic rings. The SMILES string of the molecule is CCNC(=NCC1CCCO1)NCCOc1cccc(NC(C)=O)c1.I. The van der Waals surface area contributed by atoms with E-state index in [1.807, 2.05) is 25.1 Å². The van der Waals surface area contributed by atoms with Crippen molar-refractivity contribution in [2.24, 2.45) is 4.99 Å². The highest BCUT2D eigenvalue weighted by Gasteiger charge is 2.14. The first-order valence-corrected chi connectivity index (χ1v) is 8.81. The lowest BCUT2D eigenvalue weighted by atomic mass is 10.2. The van der Waals surface area contributed by atoms with Crippen LogP contribution in [0.1, 0.15) is 26.7 Å². The second kappa shape index (κ2) is 12.7. The highest BCUT2D eigenvalue weighted by Crippen LogP contribution is 2.17. The number of ether oxygens (including phenoxy) is 2. The zero-order valence-electron chi connectivity index (χ0n) is 15.4. The molecule has 8 heteroatoms. The molecule has 2 rings (SSSR count). The summed E-state index contributed by atoms with van der Waals surface area (Å²) in [7, 11) is 0. The highest BCUT2D eigenvalue weighted by molar-refractivity contribution is 14.0. The number of nitrogens with zero attached hydrogens (tertiary/aromatic N) is 1. The van der Waals surface area contributed by atoms with Crippen LogP contribution in [0.5, 0.6) is 5.75 Å². The molecule has 146 valence electrons. The Morgan fingerprint density at radius 1 is 1.38 bits per heavy atom. The van der Waals surface area contributed by atoms with Crippen LogP contribution < -0.4 is 20.7 Å². The van der Waals surface area contributed by atoms with E-state index in [0.717, 1.165) is 37.6 Å². The van der Waals surface area contributed by atoms with E-state index in [1.165, 1.54) is 6.92 Å². The van der Waals surface area contributed by atoms with Gasteiger partial charge in [0.05, 0.1) is 19.2 Å². The van der Waals surface area contributed by atoms with Crippen molar-refractivity contribution >= 4 is 41.5 Å². The molecule has 0 saturated carbocycles. The maximum atomic E-state index is 11.1. The molecule has 1 aromatic rings. The number of carbonyl (C=O) groups excluding carboxylic acids is 1. The third-order valence-electron chi connectivity index (χ3n) is 3.64. The van der Waals surface area contributed by atoms with Crippen LogP contribution in [-0.2, 0) is 9.53 Å². The second-order valence-corrected chi connectivity index (χ2v) is 5.84. The van der Waals surface area contributed by atoms with Gasteiger partial charge in [0.2, 0.25) is 5.91 Å². The molecule has 26 heavy (non-hydrogen) atoms. The molecule has 3 N–H and O–H groups in total. The summed E-state index contributed by atoms with van der Waals surface area (Å²) < 4.78 is 11.3. The van der Waals surface area contributed by atoms with E-state index in [9.17, 15) is 4.79 Å².